The van der Waals surface area contributed by atoms with E-state index in [0.717, 1.165) is 63.7 Å². The molecule has 4 saturated heterocycles. The van der Waals surface area contributed by atoms with Crippen LogP contribution in [0.1, 0.15) is 44.9 Å². The minimum absolute atomic E-state index is 0.287. The van der Waals surface area contributed by atoms with E-state index in [-0.39, 0.29) is 5.54 Å². The number of fused-ring (bicyclic) bond motifs is 5. The Morgan fingerprint density at radius 3 is 2.33 bits per heavy atom. The molecule has 0 spiro atoms. The van der Waals surface area contributed by atoms with Gasteiger partial charge in [-0.05, 0) is 25.7 Å². The molecule has 1 N–H and O–H groups in total. The summed E-state index contributed by atoms with van der Waals surface area (Å²) in [6.45, 7) is 7.19. The summed E-state index contributed by atoms with van der Waals surface area (Å²) < 4.78 is 11.8. The maximum Gasteiger partial charge on any atom is 0.193 e. The third-order valence-electron chi connectivity index (χ3n) is 8.01. The predicted molar refractivity (Wildman–Crippen MR) is 106 cm³/mol. The summed E-state index contributed by atoms with van der Waals surface area (Å²) in [5.74, 6) is 2.57. The van der Waals surface area contributed by atoms with E-state index in [1.807, 2.05) is 7.05 Å². The molecule has 1 saturated carbocycles. The Morgan fingerprint density at radius 1 is 1.04 bits per heavy atom. The fourth-order valence-corrected chi connectivity index (χ4v) is 6.56. The summed E-state index contributed by atoms with van der Waals surface area (Å²) in [5, 5.41) is 3.81. The Labute approximate surface area is 163 Å². The Morgan fingerprint density at radius 2 is 1.70 bits per heavy atom. The van der Waals surface area contributed by atoms with Gasteiger partial charge in [-0.2, -0.15) is 0 Å². The first kappa shape index (κ1) is 18.2. The minimum atomic E-state index is 0.287. The summed E-state index contributed by atoms with van der Waals surface area (Å²) in [7, 11) is 1.95. The normalized spacial score (nSPS) is 39.0. The van der Waals surface area contributed by atoms with Crippen molar-refractivity contribution in [2.24, 2.45) is 16.8 Å². The number of morpholine rings is 1. The maximum absolute atomic E-state index is 6.15. The van der Waals surface area contributed by atoms with Crippen LogP contribution in [0.4, 0.5) is 0 Å². The summed E-state index contributed by atoms with van der Waals surface area (Å²) in [6.07, 6.45) is 10.3. The van der Waals surface area contributed by atoms with Gasteiger partial charge in [0.15, 0.2) is 5.96 Å². The van der Waals surface area contributed by atoms with E-state index < -0.39 is 0 Å². The van der Waals surface area contributed by atoms with Crippen molar-refractivity contribution in [2.45, 2.75) is 62.7 Å². The van der Waals surface area contributed by atoms with Gasteiger partial charge in [-0.25, -0.2) is 0 Å². The van der Waals surface area contributed by atoms with Gasteiger partial charge in [0.05, 0.1) is 25.4 Å². The molecule has 0 radical (unpaired) electrons. The van der Waals surface area contributed by atoms with E-state index in [4.69, 9.17) is 9.47 Å². The number of guanidine groups is 1. The molecule has 6 heteroatoms. The highest BCUT2D eigenvalue weighted by molar-refractivity contribution is 5.80. The zero-order chi connectivity index (χ0) is 18.3. The zero-order valence-corrected chi connectivity index (χ0v) is 16.9. The number of nitrogens with one attached hydrogen (secondary N) is 1. The highest BCUT2D eigenvalue weighted by atomic mass is 16.5. The van der Waals surface area contributed by atoms with Gasteiger partial charge in [0.2, 0.25) is 0 Å². The van der Waals surface area contributed by atoms with Crippen molar-refractivity contribution in [2.75, 3.05) is 53.0 Å². The topological polar surface area (TPSA) is 49.3 Å². The smallest absolute Gasteiger partial charge is 0.193 e. The number of aliphatic imine (C=N–C) groups is 1. The number of likely N-dealkylation sites (tertiary alicyclic amines) is 1. The van der Waals surface area contributed by atoms with Crippen molar-refractivity contribution >= 4 is 5.96 Å². The predicted octanol–water partition coefficient (Wildman–Crippen LogP) is 1.71. The van der Waals surface area contributed by atoms with Crippen LogP contribution in [0.5, 0.6) is 0 Å². The quantitative estimate of drug-likeness (QED) is 0.600. The standard InChI is InChI=1S/C21H36N4O2/c1-22-20(24-13-16-17(14-24)19-6-5-18(16)27-19)23-15-21(7-3-2-4-8-21)25-9-11-26-12-10-25/h16-19H,2-15H2,1H3,(H,22,23). The highest BCUT2D eigenvalue weighted by Crippen LogP contribution is 2.47. The number of nitrogens with zero attached hydrogens (tertiary/aromatic N) is 3. The lowest BCUT2D eigenvalue weighted by atomic mass is 9.80. The van der Waals surface area contributed by atoms with Crippen molar-refractivity contribution in [1.29, 1.82) is 0 Å². The molecule has 4 heterocycles. The van der Waals surface area contributed by atoms with Gasteiger partial charge in [-0.1, -0.05) is 19.3 Å². The molecule has 152 valence electrons. The van der Waals surface area contributed by atoms with Crippen molar-refractivity contribution < 1.29 is 9.47 Å². The lowest BCUT2D eigenvalue weighted by molar-refractivity contribution is -0.0354. The number of hydrogen-bond donors (Lipinski definition) is 1. The Kier molecular flexibility index (Phi) is 5.07. The van der Waals surface area contributed by atoms with E-state index in [9.17, 15) is 0 Å². The van der Waals surface area contributed by atoms with Gasteiger partial charge in [0, 0.05) is 57.1 Å². The van der Waals surface area contributed by atoms with Crippen LogP contribution in [0, 0.1) is 11.8 Å². The fraction of sp³-hybridized carbons (Fsp3) is 0.952. The second kappa shape index (κ2) is 7.53. The third-order valence-corrected chi connectivity index (χ3v) is 8.01. The lowest BCUT2D eigenvalue weighted by Gasteiger charge is -2.48. The minimum Gasteiger partial charge on any atom is -0.379 e. The van der Waals surface area contributed by atoms with Crippen LogP contribution in [-0.2, 0) is 9.47 Å². The first-order chi connectivity index (χ1) is 13.3. The Bertz CT molecular complexity index is 538. The van der Waals surface area contributed by atoms with Crippen molar-refractivity contribution in [3.05, 3.63) is 0 Å². The van der Waals surface area contributed by atoms with Crippen LogP contribution in [0.2, 0.25) is 0 Å². The molecule has 4 aliphatic heterocycles. The van der Waals surface area contributed by atoms with Gasteiger partial charge in [0.25, 0.3) is 0 Å². The van der Waals surface area contributed by atoms with Gasteiger partial charge in [0.1, 0.15) is 0 Å². The zero-order valence-electron chi connectivity index (χ0n) is 16.9. The second-order valence-electron chi connectivity index (χ2n) is 9.31. The van der Waals surface area contributed by atoms with Crippen molar-refractivity contribution in [1.82, 2.24) is 15.1 Å². The fourth-order valence-electron chi connectivity index (χ4n) is 6.56. The number of hydrogen-bond acceptors (Lipinski definition) is 4. The summed E-state index contributed by atoms with van der Waals surface area (Å²) in [6, 6.07) is 0. The Balaban J connectivity index is 1.24. The van der Waals surface area contributed by atoms with Gasteiger partial charge in [-0.15, -0.1) is 0 Å². The molecule has 5 rings (SSSR count). The van der Waals surface area contributed by atoms with Crippen LogP contribution in [-0.4, -0.2) is 86.5 Å². The second-order valence-corrected chi connectivity index (χ2v) is 9.31. The van der Waals surface area contributed by atoms with E-state index >= 15 is 0 Å². The van der Waals surface area contributed by atoms with Crippen LogP contribution >= 0.6 is 0 Å². The van der Waals surface area contributed by atoms with Crippen LogP contribution < -0.4 is 5.32 Å². The molecule has 1 aliphatic carbocycles. The molecular formula is C21H36N4O2. The monoisotopic (exact) mass is 376 g/mol. The summed E-state index contributed by atoms with van der Waals surface area (Å²) in [5.41, 5.74) is 0.287. The van der Waals surface area contributed by atoms with E-state index in [1.165, 1.54) is 44.9 Å². The Hall–Kier alpha value is -0.850. The molecule has 6 nitrogen and oxygen atoms in total. The van der Waals surface area contributed by atoms with E-state index in [1.54, 1.807) is 0 Å². The summed E-state index contributed by atoms with van der Waals surface area (Å²) >= 11 is 0. The molecule has 4 atom stereocenters. The molecule has 5 aliphatic rings. The summed E-state index contributed by atoms with van der Waals surface area (Å²) in [4.78, 5) is 9.90. The highest BCUT2D eigenvalue weighted by Gasteiger charge is 2.53. The SMILES string of the molecule is CN=C(NCC1(N2CCOCC2)CCCCC1)N1CC2C3CCC(O3)C2C1. The van der Waals surface area contributed by atoms with Crippen LogP contribution in [0.3, 0.4) is 0 Å². The van der Waals surface area contributed by atoms with Crippen molar-refractivity contribution in [3.8, 4) is 0 Å². The molecular weight excluding hydrogens is 340 g/mol. The largest absolute Gasteiger partial charge is 0.379 e. The maximum atomic E-state index is 6.15. The molecule has 0 aromatic heterocycles. The van der Waals surface area contributed by atoms with Crippen molar-refractivity contribution in [3.63, 3.8) is 0 Å². The lowest BCUT2D eigenvalue weighted by Crippen LogP contribution is -2.60. The molecule has 4 unspecified atom stereocenters. The number of ether oxygens (including phenoxy) is 2. The first-order valence-electron chi connectivity index (χ1n) is 11.2. The van der Waals surface area contributed by atoms with Gasteiger partial charge < -0.3 is 19.7 Å². The average molecular weight is 377 g/mol. The van der Waals surface area contributed by atoms with Crippen LogP contribution in [0.25, 0.3) is 0 Å². The van der Waals surface area contributed by atoms with Crippen LogP contribution in [0.15, 0.2) is 4.99 Å². The van der Waals surface area contributed by atoms with E-state index in [2.05, 4.69) is 20.1 Å². The molecule has 0 aromatic rings. The molecule has 5 fully saturated rings. The number of rotatable bonds is 3. The molecule has 0 aromatic carbocycles. The first-order valence-corrected chi connectivity index (χ1v) is 11.2. The average Bonchev–Trinajstić information content (AvgIpc) is 3.44. The van der Waals surface area contributed by atoms with Gasteiger partial charge in [-0.3, -0.25) is 9.89 Å². The molecule has 0 amide bonds. The third kappa shape index (κ3) is 3.28. The molecule has 2 bridgehead atoms. The molecule has 27 heavy (non-hydrogen) atoms. The van der Waals surface area contributed by atoms with Gasteiger partial charge >= 0.3 is 0 Å². The van der Waals surface area contributed by atoms with E-state index in [0.29, 0.717) is 12.2 Å².